The van der Waals surface area contributed by atoms with Crippen LogP contribution in [0.5, 0.6) is 0 Å². The number of amides is 1. The molecule has 116 valence electrons. The van der Waals surface area contributed by atoms with E-state index in [4.69, 9.17) is 15.2 Å². The van der Waals surface area contributed by atoms with Gasteiger partial charge in [-0.3, -0.25) is 9.69 Å². The zero-order valence-corrected chi connectivity index (χ0v) is 14.2. The Morgan fingerprint density at radius 2 is 2.14 bits per heavy atom. The smallest absolute Gasteiger partial charge is 0.237 e. The lowest BCUT2D eigenvalue weighted by molar-refractivity contribution is -0.117. The van der Waals surface area contributed by atoms with Crippen molar-refractivity contribution in [3.8, 4) is 11.3 Å². The molecule has 2 heterocycles. The predicted octanol–water partition coefficient (Wildman–Crippen LogP) is 2.78. The van der Waals surface area contributed by atoms with E-state index in [1.807, 2.05) is 24.3 Å². The summed E-state index contributed by atoms with van der Waals surface area (Å²) in [5.41, 5.74) is 1.37. The van der Waals surface area contributed by atoms with Gasteiger partial charge in [0.2, 0.25) is 20.8 Å². The molecule has 0 aliphatic carbocycles. The van der Waals surface area contributed by atoms with Gasteiger partial charge in [-0.1, -0.05) is 33.2 Å². The Bertz CT molecular complexity index is 836. The van der Waals surface area contributed by atoms with Gasteiger partial charge in [0.05, 0.1) is 0 Å². The van der Waals surface area contributed by atoms with Gasteiger partial charge in [-0.25, -0.2) is 8.42 Å². The van der Waals surface area contributed by atoms with Gasteiger partial charge in [-0.2, -0.15) is 0 Å². The van der Waals surface area contributed by atoms with Gasteiger partial charge in [0.1, 0.15) is 10.9 Å². The normalized spacial score (nSPS) is 18.9. The van der Waals surface area contributed by atoms with Crippen LogP contribution in [-0.2, 0) is 13.8 Å². The fraction of sp³-hybridized carbons (Fsp3) is 0.231. The zero-order chi connectivity index (χ0) is 15.9. The van der Waals surface area contributed by atoms with Crippen molar-refractivity contribution in [2.75, 3.05) is 11.4 Å². The number of aromatic nitrogens is 1. The van der Waals surface area contributed by atoms with Crippen LogP contribution in [0.4, 0.5) is 5.88 Å². The van der Waals surface area contributed by atoms with E-state index in [9.17, 15) is 13.2 Å². The van der Waals surface area contributed by atoms with Crippen LogP contribution in [0.1, 0.15) is 6.42 Å². The van der Waals surface area contributed by atoms with E-state index in [0.717, 1.165) is 10.0 Å². The predicted molar refractivity (Wildman–Crippen MR) is 85.2 cm³/mol. The summed E-state index contributed by atoms with van der Waals surface area (Å²) in [6.07, 6.45) is -0.154. The molecule has 0 saturated carbocycles. The molecule has 0 spiro atoms. The Balaban J connectivity index is 1.87. The lowest BCUT2D eigenvalue weighted by atomic mass is 10.1. The highest BCUT2D eigenvalue weighted by Gasteiger charge is 2.39. The van der Waals surface area contributed by atoms with Crippen molar-refractivity contribution in [2.24, 2.45) is 0 Å². The first-order valence-corrected chi connectivity index (χ1v) is 9.47. The van der Waals surface area contributed by atoms with E-state index in [1.165, 1.54) is 4.90 Å². The van der Waals surface area contributed by atoms with Gasteiger partial charge in [0, 0.05) is 39.8 Å². The van der Waals surface area contributed by atoms with Gasteiger partial charge in [0.25, 0.3) is 0 Å². The Labute approximate surface area is 139 Å². The summed E-state index contributed by atoms with van der Waals surface area (Å²) in [7, 11) is 1.53. The zero-order valence-electron chi connectivity index (χ0n) is 11.1. The molecule has 1 unspecified atom stereocenters. The molecule has 6 nitrogen and oxygen atoms in total. The molecule has 1 aromatic carbocycles. The molecule has 0 radical (unpaired) electrons. The second kappa shape index (κ2) is 5.68. The minimum Gasteiger partial charge on any atom is -0.338 e. The van der Waals surface area contributed by atoms with Crippen LogP contribution in [0.15, 0.2) is 39.3 Å². The Morgan fingerprint density at radius 1 is 1.36 bits per heavy atom. The average molecular weight is 406 g/mol. The third-order valence-electron chi connectivity index (χ3n) is 3.37. The topological polar surface area (TPSA) is 80.5 Å². The second-order valence-corrected chi connectivity index (χ2v) is 8.69. The maximum Gasteiger partial charge on any atom is 0.237 e. The second-order valence-electron chi connectivity index (χ2n) is 4.87. The van der Waals surface area contributed by atoms with Crippen molar-refractivity contribution < 1.29 is 17.7 Å². The van der Waals surface area contributed by atoms with E-state index in [-0.39, 0.29) is 24.8 Å². The van der Waals surface area contributed by atoms with Gasteiger partial charge < -0.3 is 4.52 Å². The van der Waals surface area contributed by atoms with E-state index in [2.05, 4.69) is 21.1 Å². The summed E-state index contributed by atoms with van der Waals surface area (Å²) < 4.78 is 28.8. The quantitative estimate of drug-likeness (QED) is 0.734. The molecule has 1 fully saturated rings. The number of hydrogen-bond acceptors (Lipinski definition) is 5. The molecular weight excluding hydrogens is 396 g/mol. The number of nitrogens with zero attached hydrogens (tertiary/aromatic N) is 2. The maximum absolute atomic E-state index is 11.9. The van der Waals surface area contributed by atoms with Crippen LogP contribution in [0.3, 0.4) is 0 Å². The molecule has 9 heteroatoms. The number of rotatable bonds is 3. The third-order valence-corrected chi connectivity index (χ3v) is 5.73. The van der Waals surface area contributed by atoms with Crippen molar-refractivity contribution >= 4 is 47.5 Å². The first-order chi connectivity index (χ1) is 10.3. The molecule has 1 amide bonds. The Hall–Kier alpha value is -1.38. The summed E-state index contributed by atoms with van der Waals surface area (Å²) in [4.78, 5) is 13.2. The summed E-state index contributed by atoms with van der Waals surface area (Å²) in [5.74, 6) is -0.144. The number of carbonyl (C=O) groups excluding carboxylic acids is 1. The lowest BCUT2D eigenvalue weighted by Gasteiger charge is -2.10. The van der Waals surface area contributed by atoms with Crippen LogP contribution in [-0.4, -0.2) is 31.3 Å². The molecule has 3 rings (SSSR count). The Kier molecular flexibility index (Phi) is 4.00. The highest BCUT2D eigenvalue weighted by atomic mass is 79.9. The van der Waals surface area contributed by atoms with Gasteiger partial charge in [0.15, 0.2) is 0 Å². The van der Waals surface area contributed by atoms with Gasteiger partial charge in [-0.05, 0) is 12.1 Å². The standard InChI is InChI=1S/C13H10BrClN2O4S/c14-9-3-1-2-8(4-9)11-6-13(21-16-11)17-7-10(5-12(17)18)22(15,19)20/h1-4,6,10H,5,7H2. The van der Waals surface area contributed by atoms with E-state index in [0.29, 0.717) is 5.69 Å². The molecular formula is C13H10BrClN2O4S. The summed E-state index contributed by atoms with van der Waals surface area (Å²) in [6, 6.07) is 9.04. The van der Waals surface area contributed by atoms with Crippen molar-refractivity contribution in [1.82, 2.24) is 5.16 Å². The van der Waals surface area contributed by atoms with Crippen molar-refractivity contribution in [1.29, 1.82) is 0 Å². The molecule has 1 aliphatic heterocycles. The summed E-state index contributed by atoms with van der Waals surface area (Å²) >= 11 is 3.37. The number of halogens is 2. The molecule has 1 aromatic heterocycles. The fourth-order valence-electron chi connectivity index (χ4n) is 2.25. The first kappa shape index (κ1) is 15.5. The van der Waals surface area contributed by atoms with Crippen LogP contribution in [0.2, 0.25) is 0 Å². The first-order valence-electron chi connectivity index (χ1n) is 6.31. The number of benzene rings is 1. The fourth-order valence-corrected chi connectivity index (χ4v) is 3.68. The molecule has 1 atom stereocenters. The largest absolute Gasteiger partial charge is 0.338 e. The average Bonchev–Trinajstić information content (AvgIpc) is 3.04. The molecule has 0 bridgehead atoms. The number of hydrogen-bond donors (Lipinski definition) is 0. The highest BCUT2D eigenvalue weighted by molar-refractivity contribution is 9.10. The van der Waals surface area contributed by atoms with Crippen molar-refractivity contribution in [3.63, 3.8) is 0 Å². The lowest BCUT2D eigenvalue weighted by Crippen LogP contribution is -2.26. The molecule has 22 heavy (non-hydrogen) atoms. The summed E-state index contributed by atoms with van der Waals surface area (Å²) in [6.45, 7) is -0.0300. The van der Waals surface area contributed by atoms with Crippen molar-refractivity contribution in [3.05, 3.63) is 34.8 Å². The molecule has 2 aromatic rings. The third kappa shape index (κ3) is 3.04. The number of carbonyl (C=O) groups is 1. The monoisotopic (exact) mass is 404 g/mol. The van der Waals surface area contributed by atoms with E-state index in [1.54, 1.807) is 6.07 Å². The maximum atomic E-state index is 11.9. The SMILES string of the molecule is O=C1CC(S(=O)(=O)Cl)CN1c1cc(-c2cccc(Br)c2)no1. The van der Waals surface area contributed by atoms with Crippen LogP contribution in [0.25, 0.3) is 11.3 Å². The van der Waals surface area contributed by atoms with E-state index < -0.39 is 14.3 Å². The number of anilines is 1. The summed E-state index contributed by atoms with van der Waals surface area (Å²) in [5, 5.41) is 2.99. The van der Waals surface area contributed by atoms with Gasteiger partial charge >= 0.3 is 0 Å². The van der Waals surface area contributed by atoms with E-state index >= 15 is 0 Å². The Morgan fingerprint density at radius 3 is 2.77 bits per heavy atom. The van der Waals surface area contributed by atoms with Gasteiger partial charge in [-0.15, -0.1) is 0 Å². The van der Waals surface area contributed by atoms with Crippen LogP contribution >= 0.6 is 26.6 Å². The van der Waals surface area contributed by atoms with Crippen LogP contribution < -0.4 is 4.90 Å². The van der Waals surface area contributed by atoms with Crippen molar-refractivity contribution in [2.45, 2.75) is 11.7 Å². The molecule has 1 aliphatic rings. The molecule has 1 saturated heterocycles. The highest BCUT2D eigenvalue weighted by Crippen LogP contribution is 2.30. The minimum atomic E-state index is -3.79. The minimum absolute atomic E-state index is 0.0300. The van der Waals surface area contributed by atoms with Crippen LogP contribution in [0, 0.1) is 0 Å². The molecule has 0 N–H and O–H groups in total.